The molecule has 4 heterocycles. The number of nitrogens with zero attached hydrogens (tertiary/aromatic N) is 2. The molecular weight excluding hydrogens is 812 g/mol. The number of hydrogen-bond donors (Lipinski definition) is 0. The standard InChI is InChI=1S/C40H40N2O19/c1-17(43)53-15-27-31(55-19(3)45)33(57-21(5)47)29(41-35(49)23-11-7-8-12-24(23)36(41)50)39(59-27)61-40-30(42-37(51)25-13-9-10-14-26(25)38(42)52)34(58-22(6)48)32(56-20(4)46)28(60-40)16-54-18(2)44/h7-14,27-34,39-40H,15-16H2,1-6H3/t27-,28-,29-,30-,31+,32+,33-,34-,39+,40+/m1/s1. The van der Waals surface area contributed by atoms with E-state index in [1.165, 1.54) is 48.5 Å². The Labute approximate surface area is 346 Å². The molecule has 324 valence electrons. The van der Waals surface area contributed by atoms with Gasteiger partial charge in [-0.25, -0.2) is 0 Å². The molecule has 2 aromatic carbocycles. The van der Waals surface area contributed by atoms with Crippen LogP contribution >= 0.6 is 0 Å². The Kier molecular flexibility index (Phi) is 12.9. The Bertz CT molecular complexity index is 1950. The van der Waals surface area contributed by atoms with Gasteiger partial charge in [-0.1, -0.05) is 24.3 Å². The van der Waals surface area contributed by atoms with Crippen molar-refractivity contribution < 1.29 is 90.6 Å². The van der Waals surface area contributed by atoms with Crippen molar-refractivity contribution >= 4 is 59.4 Å². The Balaban J connectivity index is 1.55. The van der Waals surface area contributed by atoms with Crippen molar-refractivity contribution in [3.63, 3.8) is 0 Å². The van der Waals surface area contributed by atoms with Crippen LogP contribution in [0.4, 0.5) is 0 Å². The van der Waals surface area contributed by atoms with Gasteiger partial charge in [0.15, 0.2) is 37.0 Å². The highest BCUT2D eigenvalue weighted by Gasteiger charge is 2.62. The number of hydrogen-bond acceptors (Lipinski definition) is 19. The van der Waals surface area contributed by atoms with Gasteiger partial charge in [0.05, 0.1) is 22.3 Å². The molecule has 4 aliphatic rings. The van der Waals surface area contributed by atoms with E-state index >= 15 is 0 Å². The van der Waals surface area contributed by atoms with E-state index in [2.05, 4.69) is 0 Å². The fourth-order valence-electron chi connectivity index (χ4n) is 7.63. The van der Waals surface area contributed by atoms with Crippen LogP contribution in [0.3, 0.4) is 0 Å². The van der Waals surface area contributed by atoms with Crippen molar-refractivity contribution in [1.82, 2.24) is 9.80 Å². The molecule has 21 nitrogen and oxygen atoms in total. The van der Waals surface area contributed by atoms with Gasteiger partial charge in [0.25, 0.3) is 23.6 Å². The van der Waals surface area contributed by atoms with Crippen LogP contribution in [-0.2, 0) is 71.4 Å². The van der Waals surface area contributed by atoms with Gasteiger partial charge in [0, 0.05) is 41.5 Å². The van der Waals surface area contributed by atoms with Crippen LogP contribution in [0.1, 0.15) is 83.0 Å². The van der Waals surface area contributed by atoms with E-state index in [0.717, 1.165) is 41.5 Å². The van der Waals surface area contributed by atoms with E-state index in [9.17, 15) is 47.9 Å². The molecule has 0 unspecified atom stereocenters. The predicted octanol–water partition coefficient (Wildman–Crippen LogP) is 0.635. The van der Waals surface area contributed by atoms with Crippen LogP contribution < -0.4 is 0 Å². The average molecular weight is 853 g/mol. The lowest BCUT2D eigenvalue weighted by molar-refractivity contribution is -0.357. The van der Waals surface area contributed by atoms with Gasteiger partial charge in [-0.05, 0) is 24.3 Å². The van der Waals surface area contributed by atoms with Gasteiger partial charge >= 0.3 is 35.8 Å². The number of benzene rings is 2. The van der Waals surface area contributed by atoms with Crippen molar-refractivity contribution in [2.75, 3.05) is 13.2 Å². The smallest absolute Gasteiger partial charge is 0.303 e. The Morgan fingerprint density at radius 3 is 1.00 bits per heavy atom. The minimum absolute atomic E-state index is 0.0858. The lowest BCUT2D eigenvalue weighted by Crippen LogP contribution is -2.71. The zero-order chi connectivity index (χ0) is 44.4. The van der Waals surface area contributed by atoms with Crippen molar-refractivity contribution in [3.05, 3.63) is 70.8 Å². The van der Waals surface area contributed by atoms with Gasteiger partial charge in [-0.2, -0.15) is 0 Å². The summed E-state index contributed by atoms with van der Waals surface area (Å²) in [5, 5.41) is 0. The van der Waals surface area contributed by atoms with E-state index in [0.29, 0.717) is 9.80 Å². The van der Waals surface area contributed by atoms with E-state index < -0.39 is 134 Å². The van der Waals surface area contributed by atoms with Crippen molar-refractivity contribution in [2.45, 2.75) is 103 Å². The van der Waals surface area contributed by atoms with Gasteiger partial charge in [0.1, 0.15) is 37.5 Å². The van der Waals surface area contributed by atoms with Crippen LogP contribution in [-0.4, -0.2) is 144 Å². The third kappa shape index (κ3) is 8.98. The molecule has 0 N–H and O–H groups in total. The van der Waals surface area contributed by atoms with E-state index in [4.69, 9.17) is 42.6 Å². The quantitative estimate of drug-likeness (QED) is 0.161. The number of rotatable bonds is 12. The predicted molar refractivity (Wildman–Crippen MR) is 195 cm³/mol. The third-order valence-electron chi connectivity index (χ3n) is 9.85. The summed E-state index contributed by atoms with van der Waals surface area (Å²) < 4.78 is 52.0. The molecule has 0 radical (unpaired) electrons. The highest BCUT2D eigenvalue weighted by Crippen LogP contribution is 2.40. The molecule has 21 heteroatoms. The number of imide groups is 2. The summed E-state index contributed by atoms with van der Waals surface area (Å²) in [6.07, 6.45) is -14.5. The maximum Gasteiger partial charge on any atom is 0.303 e. The van der Waals surface area contributed by atoms with Gasteiger partial charge < -0.3 is 42.6 Å². The summed E-state index contributed by atoms with van der Waals surface area (Å²) in [6.45, 7) is 4.70. The SMILES string of the molecule is CC(=O)OC[C@H]1O[C@@H](O[C@@H]2O[C@H](COC(C)=O)[C@H](OC(C)=O)[C@H](OC(C)=O)[C@H]2N2C(=O)c3ccccc3C2=O)[C@H](N2C(=O)c3ccccc3C2=O)[C@@H](OC(C)=O)[C@H]1OC(C)=O. The van der Waals surface area contributed by atoms with E-state index in [-0.39, 0.29) is 22.3 Å². The molecule has 2 aromatic rings. The summed E-state index contributed by atoms with van der Waals surface area (Å²) in [5.41, 5.74) is -0.343. The first-order valence-corrected chi connectivity index (χ1v) is 18.7. The minimum atomic E-state index is -2.08. The number of esters is 6. The van der Waals surface area contributed by atoms with E-state index in [1.807, 2.05) is 0 Å². The summed E-state index contributed by atoms with van der Waals surface area (Å²) in [6, 6.07) is 7.53. The summed E-state index contributed by atoms with van der Waals surface area (Å²) in [4.78, 5) is 133. The van der Waals surface area contributed by atoms with Crippen molar-refractivity contribution in [1.29, 1.82) is 0 Å². The highest BCUT2D eigenvalue weighted by atomic mass is 16.8. The lowest BCUT2D eigenvalue weighted by atomic mass is 9.93. The first-order valence-electron chi connectivity index (χ1n) is 18.7. The van der Waals surface area contributed by atoms with Crippen LogP contribution in [0, 0.1) is 0 Å². The second kappa shape index (κ2) is 18.0. The minimum Gasteiger partial charge on any atom is -0.463 e. The third-order valence-corrected chi connectivity index (χ3v) is 9.85. The molecule has 10 atom stereocenters. The van der Waals surface area contributed by atoms with Crippen LogP contribution in [0.2, 0.25) is 0 Å². The van der Waals surface area contributed by atoms with Crippen LogP contribution in [0.5, 0.6) is 0 Å². The molecule has 0 aromatic heterocycles. The normalized spacial score (nSPS) is 28.0. The number of ether oxygens (including phenoxy) is 9. The molecular formula is C40H40N2O19. The fraction of sp³-hybridized carbons (Fsp3) is 0.450. The summed E-state index contributed by atoms with van der Waals surface area (Å²) >= 11 is 0. The maximum atomic E-state index is 14.2. The highest BCUT2D eigenvalue weighted by molar-refractivity contribution is 6.22. The second-order valence-electron chi connectivity index (χ2n) is 14.2. The largest absolute Gasteiger partial charge is 0.463 e. The molecule has 4 amide bonds. The molecule has 2 saturated heterocycles. The van der Waals surface area contributed by atoms with E-state index in [1.54, 1.807) is 0 Å². The average Bonchev–Trinajstić information content (AvgIpc) is 3.58. The van der Waals surface area contributed by atoms with Gasteiger partial charge in [0.2, 0.25) is 0 Å². The summed E-state index contributed by atoms with van der Waals surface area (Å²) in [5.74, 6) is -9.34. The molecule has 61 heavy (non-hydrogen) atoms. The second-order valence-corrected chi connectivity index (χ2v) is 14.2. The first-order chi connectivity index (χ1) is 28.9. The number of carbonyl (C=O) groups excluding carboxylic acids is 10. The topological polar surface area (TPSA) is 260 Å². The Hall–Kier alpha value is -6.58. The zero-order valence-electron chi connectivity index (χ0n) is 33.5. The fourth-order valence-corrected chi connectivity index (χ4v) is 7.63. The van der Waals surface area contributed by atoms with Crippen LogP contribution in [0.15, 0.2) is 48.5 Å². The molecule has 6 rings (SSSR count). The number of amides is 4. The Morgan fingerprint density at radius 1 is 0.459 bits per heavy atom. The van der Waals surface area contributed by atoms with Crippen LogP contribution in [0.25, 0.3) is 0 Å². The van der Waals surface area contributed by atoms with Crippen molar-refractivity contribution in [3.8, 4) is 0 Å². The summed E-state index contributed by atoms with van der Waals surface area (Å²) in [7, 11) is 0. The van der Waals surface area contributed by atoms with Gasteiger partial charge in [-0.3, -0.25) is 57.7 Å². The monoisotopic (exact) mass is 852 g/mol. The number of carbonyl (C=O) groups is 10. The molecule has 2 fully saturated rings. The maximum absolute atomic E-state index is 14.2. The Morgan fingerprint density at radius 2 is 0.738 bits per heavy atom. The number of fused-ring (bicyclic) bond motifs is 2. The zero-order valence-corrected chi connectivity index (χ0v) is 33.5. The van der Waals surface area contributed by atoms with Gasteiger partial charge in [-0.15, -0.1) is 0 Å². The molecule has 0 aliphatic carbocycles. The molecule has 0 spiro atoms. The van der Waals surface area contributed by atoms with Crippen molar-refractivity contribution in [2.24, 2.45) is 0 Å². The molecule has 0 bridgehead atoms. The molecule has 4 aliphatic heterocycles. The lowest BCUT2D eigenvalue weighted by Gasteiger charge is -2.51. The molecule has 0 saturated carbocycles. The first kappa shape index (κ1) is 44.0.